The molecule has 0 radical (unpaired) electrons. The first-order valence-electron chi connectivity index (χ1n) is 7.28. The molecule has 0 heterocycles. The molecule has 1 aromatic carbocycles. The molecule has 1 N–H and O–H groups in total. The van der Waals surface area contributed by atoms with Crippen LogP contribution in [0, 0.1) is 0 Å². The van der Waals surface area contributed by atoms with Crippen LogP contribution in [0.1, 0.15) is 26.3 Å². The summed E-state index contributed by atoms with van der Waals surface area (Å²) in [5.74, 6) is 0.297. The molecule has 0 aromatic heterocycles. The van der Waals surface area contributed by atoms with E-state index in [0.717, 1.165) is 0 Å². The van der Waals surface area contributed by atoms with Crippen LogP contribution in [0.5, 0.6) is 11.5 Å². The first kappa shape index (κ1) is 18.5. The van der Waals surface area contributed by atoms with Crippen molar-refractivity contribution < 1.29 is 23.8 Å². The number of carbonyl (C=O) groups is 2. The van der Waals surface area contributed by atoms with Crippen molar-refractivity contribution in [2.75, 3.05) is 14.2 Å². The molecule has 0 saturated heterocycles. The SMILES string of the molecule is COc1ccc(OC)c(/C=C/C(=O)OC(C)C(=O)NC(C)C)c1. The molecule has 0 spiro atoms. The minimum absolute atomic E-state index is 0.0137. The second-order valence-electron chi connectivity index (χ2n) is 5.18. The van der Waals surface area contributed by atoms with E-state index in [1.54, 1.807) is 31.4 Å². The van der Waals surface area contributed by atoms with Gasteiger partial charge >= 0.3 is 5.97 Å². The molecule has 1 unspecified atom stereocenters. The predicted molar refractivity (Wildman–Crippen MR) is 87.4 cm³/mol. The number of ether oxygens (including phenoxy) is 3. The number of carbonyl (C=O) groups excluding carboxylic acids is 2. The van der Waals surface area contributed by atoms with Crippen molar-refractivity contribution >= 4 is 18.0 Å². The van der Waals surface area contributed by atoms with Crippen LogP contribution in [0.3, 0.4) is 0 Å². The summed E-state index contributed by atoms with van der Waals surface area (Å²) in [6.45, 7) is 5.19. The van der Waals surface area contributed by atoms with Crippen LogP contribution in [-0.2, 0) is 14.3 Å². The third-order valence-electron chi connectivity index (χ3n) is 2.93. The van der Waals surface area contributed by atoms with Gasteiger partial charge in [-0.1, -0.05) is 0 Å². The molecular formula is C17H23NO5. The number of amides is 1. The van der Waals surface area contributed by atoms with E-state index in [4.69, 9.17) is 14.2 Å². The number of benzene rings is 1. The van der Waals surface area contributed by atoms with Crippen LogP contribution >= 0.6 is 0 Å². The molecule has 0 saturated carbocycles. The molecule has 0 aliphatic carbocycles. The number of rotatable bonds is 7. The third-order valence-corrected chi connectivity index (χ3v) is 2.93. The molecule has 126 valence electrons. The molecule has 1 amide bonds. The summed E-state index contributed by atoms with van der Waals surface area (Å²) in [6.07, 6.45) is 1.94. The monoisotopic (exact) mass is 321 g/mol. The topological polar surface area (TPSA) is 73.9 Å². The smallest absolute Gasteiger partial charge is 0.331 e. The zero-order chi connectivity index (χ0) is 17.4. The highest BCUT2D eigenvalue weighted by Crippen LogP contribution is 2.25. The van der Waals surface area contributed by atoms with Gasteiger partial charge in [-0.3, -0.25) is 4.79 Å². The predicted octanol–water partition coefficient (Wildman–Crippen LogP) is 2.17. The standard InChI is InChI=1S/C17H23NO5/c1-11(2)18-17(20)12(3)23-16(19)9-6-13-10-14(21-4)7-8-15(13)22-5/h6-12H,1-5H3,(H,18,20)/b9-6+. The van der Waals surface area contributed by atoms with Gasteiger partial charge in [0.2, 0.25) is 0 Å². The van der Waals surface area contributed by atoms with Crippen molar-refractivity contribution in [2.24, 2.45) is 0 Å². The number of nitrogens with one attached hydrogen (secondary N) is 1. The second kappa shape index (κ2) is 8.82. The summed E-state index contributed by atoms with van der Waals surface area (Å²) < 4.78 is 15.4. The third kappa shape index (κ3) is 6.02. The summed E-state index contributed by atoms with van der Waals surface area (Å²) in [5, 5.41) is 2.68. The van der Waals surface area contributed by atoms with Gasteiger partial charge in [-0.05, 0) is 45.0 Å². The van der Waals surface area contributed by atoms with E-state index >= 15 is 0 Å². The van der Waals surface area contributed by atoms with E-state index in [9.17, 15) is 9.59 Å². The Morgan fingerprint density at radius 1 is 1.13 bits per heavy atom. The zero-order valence-electron chi connectivity index (χ0n) is 14.1. The van der Waals surface area contributed by atoms with E-state index in [1.807, 2.05) is 13.8 Å². The van der Waals surface area contributed by atoms with Gasteiger partial charge in [0, 0.05) is 17.7 Å². The minimum atomic E-state index is -0.859. The Labute approximate surface area is 136 Å². The van der Waals surface area contributed by atoms with Crippen molar-refractivity contribution in [3.05, 3.63) is 29.8 Å². The van der Waals surface area contributed by atoms with Crippen LogP contribution in [-0.4, -0.2) is 38.2 Å². The fourth-order valence-electron chi connectivity index (χ4n) is 1.80. The van der Waals surface area contributed by atoms with Gasteiger partial charge in [0.1, 0.15) is 11.5 Å². The van der Waals surface area contributed by atoms with Crippen LogP contribution in [0.25, 0.3) is 6.08 Å². The first-order valence-corrected chi connectivity index (χ1v) is 7.28. The average Bonchev–Trinajstić information content (AvgIpc) is 2.51. The van der Waals surface area contributed by atoms with Crippen LogP contribution < -0.4 is 14.8 Å². The van der Waals surface area contributed by atoms with Crippen molar-refractivity contribution in [3.8, 4) is 11.5 Å². The lowest BCUT2D eigenvalue weighted by Gasteiger charge is -2.14. The van der Waals surface area contributed by atoms with Gasteiger partial charge in [0.15, 0.2) is 6.10 Å². The Hall–Kier alpha value is -2.50. The first-order chi connectivity index (χ1) is 10.9. The molecule has 0 fully saturated rings. The Balaban J connectivity index is 2.73. The van der Waals surface area contributed by atoms with E-state index < -0.39 is 12.1 Å². The molecule has 23 heavy (non-hydrogen) atoms. The lowest BCUT2D eigenvalue weighted by atomic mass is 10.1. The normalized spacial score (nSPS) is 12.1. The quantitative estimate of drug-likeness (QED) is 0.615. The molecule has 1 rings (SSSR count). The highest BCUT2D eigenvalue weighted by molar-refractivity contribution is 5.90. The van der Waals surface area contributed by atoms with E-state index in [1.165, 1.54) is 20.1 Å². The van der Waals surface area contributed by atoms with Crippen molar-refractivity contribution in [1.82, 2.24) is 5.32 Å². The Morgan fingerprint density at radius 2 is 1.83 bits per heavy atom. The molecule has 6 nitrogen and oxygen atoms in total. The maximum atomic E-state index is 11.8. The molecule has 6 heteroatoms. The molecule has 1 aromatic rings. The Bertz CT molecular complexity index is 580. The molecule has 0 bridgehead atoms. The molecule has 0 aliphatic heterocycles. The number of hydrogen-bond acceptors (Lipinski definition) is 5. The fraction of sp³-hybridized carbons (Fsp3) is 0.412. The van der Waals surface area contributed by atoms with Gasteiger partial charge in [0.05, 0.1) is 14.2 Å². The van der Waals surface area contributed by atoms with Gasteiger partial charge in [-0.15, -0.1) is 0 Å². The van der Waals surface area contributed by atoms with Crippen LogP contribution in [0.2, 0.25) is 0 Å². The summed E-state index contributed by atoms with van der Waals surface area (Å²) >= 11 is 0. The highest BCUT2D eigenvalue weighted by Gasteiger charge is 2.17. The van der Waals surface area contributed by atoms with Crippen molar-refractivity contribution in [2.45, 2.75) is 32.9 Å². The highest BCUT2D eigenvalue weighted by atomic mass is 16.5. The maximum absolute atomic E-state index is 11.8. The minimum Gasteiger partial charge on any atom is -0.497 e. The lowest BCUT2D eigenvalue weighted by Crippen LogP contribution is -2.39. The summed E-state index contributed by atoms with van der Waals surface area (Å²) in [5.41, 5.74) is 0.670. The van der Waals surface area contributed by atoms with E-state index in [-0.39, 0.29) is 11.9 Å². The number of esters is 1. The van der Waals surface area contributed by atoms with Gasteiger partial charge in [-0.2, -0.15) is 0 Å². The fourth-order valence-corrected chi connectivity index (χ4v) is 1.80. The molecule has 0 aliphatic rings. The number of hydrogen-bond donors (Lipinski definition) is 1. The van der Waals surface area contributed by atoms with Crippen LogP contribution in [0.15, 0.2) is 24.3 Å². The van der Waals surface area contributed by atoms with Crippen molar-refractivity contribution in [1.29, 1.82) is 0 Å². The maximum Gasteiger partial charge on any atom is 0.331 e. The van der Waals surface area contributed by atoms with Gasteiger partial charge in [-0.25, -0.2) is 4.79 Å². The largest absolute Gasteiger partial charge is 0.497 e. The number of methoxy groups -OCH3 is 2. The molecular weight excluding hydrogens is 298 g/mol. The zero-order valence-corrected chi connectivity index (χ0v) is 14.1. The summed E-state index contributed by atoms with van der Waals surface area (Å²) in [4.78, 5) is 23.5. The van der Waals surface area contributed by atoms with E-state index in [0.29, 0.717) is 17.1 Å². The average molecular weight is 321 g/mol. The van der Waals surface area contributed by atoms with Gasteiger partial charge < -0.3 is 19.5 Å². The molecule has 1 atom stereocenters. The summed E-state index contributed by atoms with van der Waals surface area (Å²) in [7, 11) is 3.09. The van der Waals surface area contributed by atoms with Gasteiger partial charge in [0.25, 0.3) is 5.91 Å². The van der Waals surface area contributed by atoms with Crippen LogP contribution in [0.4, 0.5) is 0 Å². The summed E-state index contributed by atoms with van der Waals surface area (Å²) in [6, 6.07) is 5.22. The Kier molecular flexibility index (Phi) is 7.12. The van der Waals surface area contributed by atoms with E-state index in [2.05, 4.69) is 5.32 Å². The van der Waals surface area contributed by atoms with Crippen molar-refractivity contribution in [3.63, 3.8) is 0 Å². The lowest BCUT2D eigenvalue weighted by molar-refractivity contribution is -0.150. The Morgan fingerprint density at radius 3 is 2.39 bits per heavy atom. The second-order valence-corrected chi connectivity index (χ2v) is 5.18.